The number of hydrogen-bond donors (Lipinski definition) is 2. The van der Waals surface area contributed by atoms with Crippen LogP contribution < -0.4 is 5.32 Å². The van der Waals surface area contributed by atoms with E-state index in [9.17, 15) is 0 Å². The standard InChI is InChI=1S/C19H30N2S/c1-6-11-16-17(12-7-2)21(22)19(9-4,20-10-5)18(16)14-13-15(18)8-3/h6-7,11-12,15,20,22H,1-2,8-10,13-14H2,3-5H3/b16-11?,17-12+/t15-,18+,19+/m1/s1. The van der Waals surface area contributed by atoms with Gasteiger partial charge in [0.15, 0.2) is 0 Å². The molecule has 0 aromatic carbocycles. The molecule has 0 amide bonds. The Morgan fingerprint density at radius 2 is 1.95 bits per heavy atom. The van der Waals surface area contributed by atoms with Gasteiger partial charge in [0.25, 0.3) is 0 Å². The lowest BCUT2D eigenvalue weighted by molar-refractivity contribution is -0.0533. The molecule has 0 unspecified atom stereocenters. The Labute approximate surface area is 141 Å². The summed E-state index contributed by atoms with van der Waals surface area (Å²) in [6.45, 7) is 15.5. The molecule has 1 aliphatic heterocycles. The number of nitrogens with one attached hydrogen (secondary N) is 1. The van der Waals surface area contributed by atoms with E-state index in [-0.39, 0.29) is 11.1 Å². The van der Waals surface area contributed by atoms with Gasteiger partial charge in [0.05, 0.1) is 5.70 Å². The second-order valence-corrected chi connectivity index (χ2v) is 6.67. The zero-order valence-corrected chi connectivity index (χ0v) is 15.1. The van der Waals surface area contributed by atoms with Crippen molar-refractivity contribution in [2.24, 2.45) is 11.3 Å². The Morgan fingerprint density at radius 1 is 1.27 bits per heavy atom. The van der Waals surface area contributed by atoms with Crippen molar-refractivity contribution in [1.82, 2.24) is 9.62 Å². The minimum Gasteiger partial charge on any atom is -0.298 e. The molecule has 2 nitrogen and oxygen atoms in total. The Morgan fingerprint density at radius 3 is 2.36 bits per heavy atom. The average molecular weight is 319 g/mol. The van der Waals surface area contributed by atoms with Gasteiger partial charge in [-0.25, -0.2) is 0 Å². The number of allylic oxidation sites excluding steroid dienone is 5. The summed E-state index contributed by atoms with van der Waals surface area (Å²) in [5.41, 5.74) is 2.53. The molecule has 3 atom stereocenters. The first-order valence-electron chi connectivity index (χ1n) is 8.49. The summed E-state index contributed by atoms with van der Waals surface area (Å²) in [5.74, 6) is 0.683. The van der Waals surface area contributed by atoms with Crippen molar-refractivity contribution >= 4 is 12.8 Å². The van der Waals surface area contributed by atoms with Crippen LogP contribution in [0.2, 0.25) is 0 Å². The fraction of sp³-hybridized carbons (Fsp3) is 0.579. The van der Waals surface area contributed by atoms with Crippen LogP contribution in [0.15, 0.2) is 48.7 Å². The summed E-state index contributed by atoms with van der Waals surface area (Å²) in [6, 6.07) is 0. The van der Waals surface area contributed by atoms with Gasteiger partial charge in [-0.3, -0.25) is 9.62 Å². The molecular formula is C19H30N2S. The predicted octanol–water partition coefficient (Wildman–Crippen LogP) is 4.85. The van der Waals surface area contributed by atoms with Gasteiger partial charge in [0.1, 0.15) is 5.66 Å². The lowest BCUT2D eigenvalue weighted by atomic mass is 9.50. The molecule has 3 heteroatoms. The number of hydrogen-bond acceptors (Lipinski definition) is 3. The number of thiol groups is 1. The number of nitrogens with zero attached hydrogens (tertiary/aromatic N) is 1. The van der Waals surface area contributed by atoms with Gasteiger partial charge in [0.2, 0.25) is 0 Å². The monoisotopic (exact) mass is 318 g/mol. The maximum Gasteiger partial charge on any atom is 0.111 e. The molecule has 2 aliphatic rings. The van der Waals surface area contributed by atoms with Gasteiger partial charge in [-0.2, -0.15) is 0 Å². The van der Waals surface area contributed by atoms with E-state index in [1.54, 1.807) is 0 Å². The lowest BCUT2D eigenvalue weighted by Gasteiger charge is -2.58. The molecule has 0 radical (unpaired) electrons. The van der Waals surface area contributed by atoms with Crippen molar-refractivity contribution in [2.45, 2.75) is 52.1 Å². The molecule has 2 fully saturated rings. The van der Waals surface area contributed by atoms with Crippen LogP contribution in [-0.2, 0) is 0 Å². The molecule has 1 aliphatic carbocycles. The molecule has 0 aromatic heterocycles. The summed E-state index contributed by atoms with van der Waals surface area (Å²) in [7, 11) is 0. The van der Waals surface area contributed by atoms with E-state index in [2.05, 4.69) is 55.7 Å². The van der Waals surface area contributed by atoms with Gasteiger partial charge < -0.3 is 0 Å². The Hall–Kier alpha value is -0.930. The normalized spacial score (nSPS) is 37.8. The molecule has 1 N–H and O–H groups in total. The van der Waals surface area contributed by atoms with Crippen LogP contribution in [0, 0.1) is 11.3 Å². The smallest absolute Gasteiger partial charge is 0.111 e. The third-order valence-corrected chi connectivity index (χ3v) is 6.26. The van der Waals surface area contributed by atoms with E-state index in [4.69, 9.17) is 12.8 Å². The summed E-state index contributed by atoms with van der Waals surface area (Å²) in [6.07, 6.45) is 12.8. The molecule has 1 heterocycles. The molecule has 1 spiro atoms. The molecule has 1 saturated carbocycles. The summed E-state index contributed by atoms with van der Waals surface area (Å²) in [4.78, 5) is 0. The van der Waals surface area contributed by atoms with Crippen molar-refractivity contribution in [2.75, 3.05) is 6.54 Å². The van der Waals surface area contributed by atoms with Crippen LogP contribution in [0.1, 0.15) is 46.5 Å². The minimum absolute atomic E-state index is 0.122. The minimum atomic E-state index is -0.131. The van der Waals surface area contributed by atoms with Crippen molar-refractivity contribution in [3.8, 4) is 0 Å². The molecule has 0 bridgehead atoms. The highest BCUT2D eigenvalue weighted by Gasteiger charge is 2.67. The van der Waals surface area contributed by atoms with Crippen molar-refractivity contribution in [1.29, 1.82) is 0 Å². The van der Waals surface area contributed by atoms with Gasteiger partial charge in [0, 0.05) is 5.41 Å². The van der Waals surface area contributed by atoms with E-state index in [0.717, 1.165) is 13.0 Å². The Balaban J connectivity index is 2.71. The number of rotatable bonds is 6. The SMILES string of the molecule is C=CC=C1/C(=C\C=C)N(S)[C@](CC)(NCC)[C@]12CC[C@H]2CC. The first-order valence-corrected chi connectivity index (χ1v) is 8.89. The maximum absolute atomic E-state index is 4.93. The summed E-state index contributed by atoms with van der Waals surface area (Å²) < 4.78 is 2.16. The molecule has 122 valence electrons. The highest BCUT2D eigenvalue weighted by Crippen LogP contribution is 2.68. The van der Waals surface area contributed by atoms with E-state index in [1.165, 1.54) is 30.5 Å². The fourth-order valence-electron chi connectivity index (χ4n) is 4.79. The van der Waals surface area contributed by atoms with Gasteiger partial charge in [-0.1, -0.05) is 71.4 Å². The highest BCUT2D eigenvalue weighted by atomic mass is 32.1. The Bertz CT molecular complexity index is 506. The lowest BCUT2D eigenvalue weighted by Crippen LogP contribution is -2.66. The average Bonchev–Trinajstić information content (AvgIpc) is 2.69. The first kappa shape index (κ1) is 17.4. The van der Waals surface area contributed by atoms with Crippen molar-refractivity contribution in [3.63, 3.8) is 0 Å². The molecule has 1 saturated heterocycles. The van der Waals surface area contributed by atoms with E-state index >= 15 is 0 Å². The molecular weight excluding hydrogens is 288 g/mol. The molecule has 2 rings (SSSR count). The third-order valence-electron chi connectivity index (χ3n) is 5.70. The third kappa shape index (κ3) is 2.05. The molecule has 0 aromatic rings. The van der Waals surface area contributed by atoms with Crippen LogP contribution in [0.3, 0.4) is 0 Å². The topological polar surface area (TPSA) is 15.3 Å². The fourth-order valence-corrected chi connectivity index (χ4v) is 5.35. The van der Waals surface area contributed by atoms with Gasteiger partial charge >= 0.3 is 0 Å². The van der Waals surface area contributed by atoms with Crippen LogP contribution >= 0.6 is 12.8 Å². The van der Waals surface area contributed by atoms with Crippen LogP contribution in [0.5, 0.6) is 0 Å². The van der Waals surface area contributed by atoms with Crippen LogP contribution in [-0.4, -0.2) is 16.5 Å². The zero-order valence-electron chi connectivity index (χ0n) is 14.2. The van der Waals surface area contributed by atoms with Crippen LogP contribution in [0.25, 0.3) is 0 Å². The van der Waals surface area contributed by atoms with Crippen molar-refractivity contribution < 1.29 is 0 Å². The second kappa shape index (κ2) is 6.67. The zero-order chi connectivity index (χ0) is 16.4. The molecule has 22 heavy (non-hydrogen) atoms. The quantitative estimate of drug-likeness (QED) is 0.681. The van der Waals surface area contributed by atoms with Crippen molar-refractivity contribution in [3.05, 3.63) is 48.7 Å². The van der Waals surface area contributed by atoms with Gasteiger partial charge in [-0.15, -0.1) is 0 Å². The Kier molecular flexibility index (Phi) is 5.29. The van der Waals surface area contributed by atoms with Crippen LogP contribution in [0.4, 0.5) is 0 Å². The van der Waals surface area contributed by atoms with E-state index in [0.29, 0.717) is 5.92 Å². The predicted molar refractivity (Wildman–Crippen MR) is 99.5 cm³/mol. The maximum atomic E-state index is 4.93. The second-order valence-electron chi connectivity index (χ2n) is 6.27. The summed E-state index contributed by atoms with van der Waals surface area (Å²) in [5, 5.41) is 3.79. The van der Waals surface area contributed by atoms with E-state index in [1.807, 2.05) is 12.2 Å². The van der Waals surface area contributed by atoms with Gasteiger partial charge in [-0.05, 0) is 43.4 Å². The van der Waals surface area contributed by atoms with E-state index < -0.39 is 0 Å². The largest absolute Gasteiger partial charge is 0.298 e. The first-order chi connectivity index (χ1) is 10.6. The highest BCUT2D eigenvalue weighted by molar-refractivity contribution is 7.77. The summed E-state index contributed by atoms with van der Waals surface area (Å²) >= 11 is 4.93.